The van der Waals surface area contributed by atoms with Gasteiger partial charge in [0.15, 0.2) is 0 Å². The predicted molar refractivity (Wildman–Crippen MR) is 88.3 cm³/mol. The average molecular weight is 273 g/mol. The van der Waals surface area contributed by atoms with E-state index in [2.05, 4.69) is 55.4 Å². The van der Waals surface area contributed by atoms with Crippen LogP contribution in [0.25, 0.3) is 0 Å². The summed E-state index contributed by atoms with van der Waals surface area (Å²) < 4.78 is 0. The van der Waals surface area contributed by atoms with Crippen molar-refractivity contribution in [2.45, 2.75) is 81.1 Å². The molecule has 0 aliphatic heterocycles. The Morgan fingerprint density at radius 3 is 0.556 bits per heavy atom. The molecule has 0 rings (SSSR count). The van der Waals surface area contributed by atoms with Crippen LogP contribution in [0.2, 0.25) is 0 Å². The topological polar surface area (TPSA) is 0 Å². The maximum atomic E-state index is 2.18. The molecule has 0 unspecified atom stereocenters. The molecule has 0 saturated heterocycles. The summed E-state index contributed by atoms with van der Waals surface area (Å²) in [4.78, 5) is 0. The molecule has 0 saturated carbocycles. The largest absolute Gasteiger partial charge is 2.00 e. The molecule has 0 aromatic carbocycles. The quantitative estimate of drug-likeness (QED) is 0.459. The third-order valence-electron chi connectivity index (χ3n) is 2.25. The van der Waals surface area contributed by atoms with Crippen LogP contribution >= 0.6 is 0 Å². The normalized spacial score (nSPS) is 10.0. The standard InChI is InChI=1S/2C8H16.2Mg/c2*1-7(2)5-6-8(3)4;;/h2*5-6H2,1-4H3;;/q2*-2;2*+2. The van der Waals surface area contributed by atoms with Crippen LogP contribution in [0.5, 0.6) is 0 Å². The van der Waals surface area contributed by atoms with Gasteiger partial charge in [-0.3, -0.25) is 0 Å². The van der Waals surface area contributed by atoms with Gasteiger partial charge in [-0.25, -0.2) is 25.7 Å². The van der Waals surface area contributed by atoms with Crippen LogP contribution in [0.3, 0.4) is 0 Å². The fourth-order valence-corrected chi connectivity index (χ4v) is 1.000. The van der Waals surface area contributed by atoms with Crippen LogP contribution < -0.4 is 0 Å². The van der Waals surface area contributed by atoms with Crippen LogP contribution in [0.1, 0.15) is 81.1 Å². The Labute approximate surface area is 150 Å². The van der Waals surface area contributed by atoms with Crippen molar-refractivity contribution in [3.63, 3.8) is 0 Å². The first-order valence-electron chi connectivity index (χ1n) is 6.41. The van der Waals surface area contributed by atoms with E-state index in [-0.39, 0.29) is 46.1 Å². The Kier molecular flexibility index (Phi) is 28.6. The minimum Gasteiger partial charge on any atom is -0.322 e. The maximum absolute atomic E-state index is 2.18. The monoisotopic (exact) mass is 272 g/mol. The minimum atomic E-state index is 0. The van der Waals surface area contributed by atoms with Crippen molar-refractivity contribution in [3.05, 3.63) is 23.7 Å². The third-order valence-corrected chi connectivity index (χ3v) is 2.25. The summed E-state index contributed by atoms with van der Waals surface area (Å²) in [6.07, 6.45) is 5.06. The second kappa shape index (κ2) is 18.5. The number of hydrogen-bond acceptors (Lipinski definition) is 0. The first kappa shape index (κ1) is 27.8. The van der Waals surface area contributed by atoms with Crippen molar-refractivity contribution in [1.29, 1.82) is 0 Å². The summed E-state index contributed by atoms with van der Waals surface area (Å²) in [6, 6.07) is 0. The van der Waals surface area contributed by atoms with Crippen molar-refractivity contribution in [1.82, 2.24) is 0 Å². The van der Waals surface area contributed by atoms with Gasteiger partial charge in [-0.05, 0) is 0 Å². The first-order valence-corrected chi connectivity index (χ1v) is 6.41. The van der Waals surface area contributed by atoms with Crippen LogP contribution in [0, 0.1) is 23.7 Å². The van der Waals surface area contributed by atoms with Crippen LogP contribution in [0.15, 0.2) is 0 Å². The Morgan fingerprint density at radius 2 is 0.500 bits per heavy atom. The molecule has 0 spiro atoms. The summed E-state index contributed by atoms with van der Waals surface area (Å²) in [6.45, 7) is 17.5. The fourth-order valence-electron chi connectivity index (χ4n) is 1.000. The van der Waals surface area contributed by atoms with Crippen molar-refractivity contribution in [2.24, 2.45) is 0 Å². The molecular formula is C16H32Mg2. The van der Waals surface area contributed by atoms with Gasteiger partial charge in [-0.2, -0.15) is 55.4 Å². The minimum absolute atomic E-state index is 0. The fraction of sp³-hybridized carbons (Fsp3) is 0.750. The average Bonchev–Trinajstić information content (AvgIpc) is 2.12. The van der Waals surface area contributed by atoms with Crippen LogP contribution in [-0.4, -0.2) is 46.1 Å². The Balaban J connectivity index is -0.0000000980. The molecule has 0 aromatic heterocycles. The van der Waals surface area contributed by atoms with E-state index in [1.807, 2.05) is 0 Å². The van der Waals surface area contributed by atoms with Crippen molar-refractivity contribution >= 4 is 46.1 Å². The molecule has 0 heterocycles. The summed E-state index contributed by atoms with van der Waals surface area (Å²) in [5.74, 6) is 6.13. The van der Waals surface area contributed by atoms with E-state index < -0.39 is 0 Å². The SMILES string of the molecule is C[C-](C)CC[C-](C)C.C[C-](C)CC[C-](C)C.[Mg+2].[Mg+2]. The Hall–Kier alpha value is 1.53. The zero-order valence-electron chi connectivity index (χ0n) is 14.2. The summed E-state index contributed by atoms with van der Waals surface area (Å²) in [5, 5.41) is 0. The molecule has 0 bridgehead atoms. The van der Waals surface area contributed by atoms with Gasteiger partial charge in [0.2, 0.25) is 0 Å². The molecule has 0 amide bonds. The van der Waals surface area contributed by atoms with Gasteiger partial charge in [0, 0.05) is 0 Å². The Morgan fingerprint density at radius 1 is 0.389 bits per heavy atom. The van der Waals surface area contributed by atoms with Gasteiger partial charge >= 0.3 is 46.1 Å². The summed E-state index contributed by atoms with van der Waals surface area (Å²) in [7, 11) is 0. The van der Waals surface area contributed by atoms with E-state index >= 15 is 0 Å². The van der Waals surface area contributed by atoms with E-state index in [9.17, 15) is 0 Å². The number of hydrogen-bond donors (Lipinski definition) is 0. The van der Waals surface area contributed by atoms with E-state index in [1.165, 1.54) is 49.4 Å². The molecule has 0 aliphatic carbocycles. The van der Waals surface area contributed by atoms with Crippen molar-refractivity contribution < 1.29 is 0 Å². The molecule has 2 heteroatoms. The van der Waals surface area contributed by atoms with Crippen molar-refractivity contribution in [3.8, 4) is 0 Å². The zero-order valence-corrected chi connectivity index (χ0v) is 17.1. The van der Waals surface area contributed by atoms with Crippen LogP contribution in [0.4, 0.5) is 0 Å². The van der Waals surface area contributed by atoms with Gasteiger partial charge < -0.3 is 23.7 Å². The molecule has 18 heavy (non-hydrogen) atoms. The first-order chi connectivity index (χ1) is 7.25. The summed E-state index contributed by atoms with van der Waals surface area (Å²) >= 11 is 0. The Bertz CT molecular complexity index is 97.1. The van der Waals surface area contributed by atoms with Gasteiger partial charge in [0.1, 0.15) is 0 Å². The molecule has 100 valence electrons. The second-order valence-electron chi connectivity index (χ2n) is 5.83. The molecule has 0 radical (unpaired) electrons. The van der Waals surface area contributed by atoms with Gasteiger partial charge in [0.25, 0.3) is 0 Å². The van der Waals surface area contributed by atoms with E-state index in [0.717, 1.165) is 0 Å². The van der Waals surface area contributed by atoms with Crippen LogP contribution in [-0.2, 0) is 0 Å². The van der Waals surface area contributed by atoms with E-state index in [4.69, 9.17) is 0 Å². The molecule has 0 N–H and O–H groups in total. The molecule has 0 atom stereocenters. The van der Waals surface area contributed by atoms with Gasteiger partial charge in [-0.1, -0.05) is 0 Å². The maximum Gasteiger partial charge on any atom is 2.00 e. The van der Waals surface area contributed by atoms with Gasteiger partial charge in [-0.15, -0.1) is 0 Å². The molecule has 0 fully saturated rings. The molecule has 0 nitrogen and oxygen atoms in total. The van der Waals surface area contributed by atoms with Crippen molar-refractivity contribution in [2.75, 3.05) is 0 Å². The summed E-state index contributed by atoms with van der Waals surface area (Å²) in [5.41, 5.74) is 0. The zero-order chi connectivity index (χ0) is 13.1. The van der Waals surface area contributed by atoms with E-state index in [0.29, 0.717) is 0 Å². The smallest absolute Gasteiger partial charge is 0.322 e. The molecule has 0 aromatic rings. The molecule has 0 aliphatic rings. The third kappa shape index (κ3) is 36.0. The van der Waals surface area contributed by atoms with E-state index in [1.54, 1.807) is 0 Å². The van der Waals surface area contributed by atoms with Gasteiger partial charge in [0.05, 0.1) is 0 Å². The number of rotatable bonds is 6. The molecular weight excluding hydrogens is 241 g/mol. The second-order valence-corrected chi connectivity index (χ2v) is 5.83. The predicted octanol–water partition coefficient (Wildman–Crippen LogP) is 5.23.